The van der Waals surface area contributed by atoms with Crippen molar-refractivity contribution in [2.24, 2.45) is 0 Å². The summed E-state index contributed by atoms with van der Waals surface area (Å²) in [5.41, 5.74) is 1.20. The second-order valence-electron chi connectivity index (χ2n) is 4.16. The normalized spacial score (nSPS) is 18.6. The Bertz CT molecular complexity index is 274. The molecule has 0 aromatic carbocycles. The van der Waals surface area contributed by atoms with E-state index in [1.165, 1.54) is 43.6 Å². The van der Waals surface area contributed by atoms with Crippen LogP contribution in [0.25, 0.3) is 0 Å². The zero-order chi connectivity index (χ0) is 9.80. The summed E-state index contributed by atoms with van der Waals surface area (Å²) < 4.78 is 0. The Hall–Kier alpha value is -0.830. The first-order valence-electron chi connectivity index (χ1n) is 5.58. The lowest BCUT2D eigenvalue weighted by atomic mass is 9.89. The Balaban J connectivity index is 2.00. The van der Waals surface area contributed by atoms with Crippen molar-refractivity contribution >= 4 is 0 Å². The summed E-state index contributed by atoms with van der Waals surface area (Å²) in [6.45, 7) is 0.889. The lowest BCUT2D eigenvalue weighted by Gasteiger charge is -2.19. The van der Waals surface area contributed by atoms with Crippen LogP contribution < -0.4 is 5.32 Å². The summed E-state index contributed by atoms with van der Waals surface area (Å²) in [4.78, 5) is 7.87. The van der Waals surface area contributed by atoms with Crippen LogP contribution in [0.5, 0.6) is 0 Å². The zero-order valence-corrected chi connectivity index (χ0v) is 8.84. The second-order valence-corrected chi connectivity index (χ2v) is 4.16. The van der Waals surface area contributed by atoms with Crippen molar-refractivity contribution in [2.45, 2.75) is 44.6 Å². The summed E-state index contributed by atoms with van der Waals surface area (Å²) in [5, 5.41) is 3.13. The number of H-pyrrole nitrogens is 1. The van der Waals surface area contributed by atoms with Crippen LogP contribution in [0, 0.1) is 0 Å². The first-order chi connectivity index (χ1) is 6.90. The van der Waals surface area contributed by atoms with E-state index in [2.05, 4.69) is 15.3 Å². The molecule has 1 aliphatic carbocycles. The van der Waals surface area contributed by atoms with Crippen LogP contribution >= 0.6 is 0 Å². The van der Waals surface area contributed by atoms with Gasteiger partial charge >= 0.3 is 0 Å². The molecule has 3 nitrogen and oxygen atoms in total. The SMILES string of the molecule is CNCc1cnc(C2CCCCC2)[nH]1. The number of hydrogen-bond acceptors (Lipinski definition) is 2. The topological polar surface area (TPSA) is 40.7 Å². The van der Waals surface area contributed by atoms with Gasteiger partial charge in [0.2, 0.25) is 0 Å². The highest BCUT2D eigenvalue weighted by atomic mass is 15.0. The van der Waals surface area contributed by atoms with Gasteiger partial charge in [0.25, 0.3) is 0 Å². The molecule has 0 spiro atoms. The highest BCUT2D eigenvalue weighted by Gasteiger charge is 2.17. The van der Waals surface area contributed by atoms with E-state index in [9.17, 15) is 0 Å². The lowest BCUT2D eigenvalue weighted by molar-refractivity contribution is 0.430. The van der Waals surface area contributed by atoms with Crippen molar-refractivity contribution in [2.75, 3.05) is 7.05 Å². The van der Waals surface area contributed by atoms with Crippen molar-refractivity contribution in [1.82, 2.24) is 15.3 Å². The van der Waals surface area contributed by atoms with Gasteiger partial charge in [0, 0.05) is 24.4 Å². The third kappa shape index (κ3) is 2.15. The fourth-order valence-electron chi connectivity index (χ4n) is 2.24. The fourth-order valence-corrected chi connectivity index (χ4v) is 2.24. The Labute approximate surface area is 85.3 Å². The average molecular weight is 193 g/mol. The van der Waals surface area contributed by atoms with Crippen LogP contribution in [0.15, 0.2) is 6.20 Å². The van der Waals surface area contributed by atoms with Crippen molar-refractivity contribution in [3.63, 3.8) is 0 Å². The molecule has 1 aliphatic rings. The molecular weight excluding hydrogens is 174 g/mol. The number of rotatable bonds is 3. The summed E-state index contributed by atoms with van der Waals surface area (Å²) in [6, 6.07) is 0. The second kappa shape index (κ2) is 4.60. The number of nitrogens with zero attached hydrogens (tertiary/aromatic N) is 1. The van der Waals surface area contributed by atoms with Crippen molar-refractivity contribution < 1.29 is 0 Å². The van der Waals surface area contributed by atoms with E-state index < -0.39 is 0 Å². The third-order valence-corrected chi connectivity index (χ3v) is 3.01. The predicted molar refractivity (Wildman–Crippen MR) is 57.2 cm³/mol. The molecule has 1 heterocycles. The largest absolute Gasteiger partial charge is 0.345 e. The minimum Gasteiger partial charge on any atom is -0.345 e. The van der Waals surface area contributed by atoms with E-state index in [1.807, 2.05) is 13.2 Å². The van der Waals surface area contributed by atoms with E-state index in [-0.39, 0.29) is 0 Å². The molecule has 2 N–H and O–H groups in total. The van der Waals surface area contributed by atoms with Gasteiger partial charge in [0.15, 0.2) is 0 Å². The molecule has 0 bridgehead atoms. The van der Waals surface area contributed by atoms with Crippen LogP contribution in [0.3, 0.4) is 0 Å². The maximum Gasteiger partial charge on any atom is 0.109 e. The number of aromatic nitrogens is 2. The molecule has 0 saturated heterocycles. The molecule has 0 amide bonds. The maximum atomic E-state index is 4.46. The van der Waals surface area contributed by atoms with Crippen LogP contribution in [0.1, 0.15) is 49.5 Å². The summed E-state index contributed by atoms with van der Waals surface area (Å²) >= 11 is 0. The van der Waals surface area contributed by atoms with Crippen molar-refractivity contribution in [1.29, 1.82) is 0 Å². The van der Waals surface area contributed by atoms with Gasteiger partial charge in [-0.15, -0.1) is 0 Å². The Kier molecular flexibility index (Phi) is 3.19. The van der Waals surface area contributed by atoms with E-state index in [0.717, 1.165) is 6.54 Å². The zero-order valence-electron chi connectivity index (χ0n) is 8.84. The van der Waals surface area contributed by atoms with Gasteiger partial charge in [-0.05, 0) is 19.9 Å². The molecule has 0 aliphatic heterocycles. The van der Waals surface area contributed by atoms with E-state index in [1.54, 1.807) is 0 Å². The molecule has 1 saturated carbocycles. The van der Waals surface area contributed by atoms with Gasteiger partial charge in [0.1, 0.15) is 5.82 Å². The first-order valence-corrected chi connectivity index (χ1v) is 5.58. The summed E-state index contributed by atoms with van der Waals surface area (Å²) in [5.74, 6) is 1.89. The molecule has 0 unspecified atom stereocenters. The number of imidazole rings is 1. The van der Waals surface area contributed by atoms with Gasteiger partial charge in [0.05, 0.1) is 0 Å². The minimum atomic E-state index is 0.689. The van der Waals surface area contributed by atoms with Crippen LogP contribution in [0.4, 0.5) is 0 Å². The van der Waals surface area contributed by atoms with Gasteiger partial charge in [-0.3, -0.25) is 0 Å². The highest BCUT2D eigenvalue weighted by molar-refractivity contribution is 5.06. The molecule has 14 heavy (non-hydrogen) atoms. The summed E-state index contributed by atoms with van der Waals surface area (Å²) in [6.07, 6.45) is 8.72. The van der Waals surface area contributed by atoms with Crippen LogP contribution in [0.2, 0.25) is 0 Å². The minimum absolute atomic E-state index is 0.689. The van der Waals surface area contributed by atoms with Crippen LogP contribution in [-0.4, -0.2) is 17.0 Å². The molecule has 1 aromatic rings. The van der Waals surface area contributed by atoms with E-state index >= 15 is 0 Å². The molecule has 78 valence electrons. The Morgan fingerprint density at radius 2 is 2.21 bits per heavy atom. The molecule has 2 rings (SSSR count). The highest BCUT2D eigenvalue weighted by Crippen LogP contribution is 2.30. The summed E-state index contributed by atoms with van der Waals surface area (Å²) in [7, 11) is 1.96. The fraction of sp³-hybridized carbons (Fsp3) is 0.727. The van der Waals surface area contributed by atoms with E-state index in [0.29, 0.717) is 5.92 Å². The average Bonchev–Trinajstić information content (AvgIpc) is 2.68. The lowest BCUT2D eigenvalue weighted by Crippen LogP contribution is -2.08. The standard InChI is InChI=1S/C11H19N3/c1-12-7-10-8-13-11(14-10)9-5-3-2-4-6-9/h8-9,12H,2-7H2,1H3,(H,13,14). The van der Waals surface area contributed by atoms with Gasteiger partial charge < -0.3 is 10.3 Å². The maximum absolute atomic E-state index is 4.46. The van der Waals surface area contributed by atoms with E-state index in [4.69, 9.17) is 0 Å². The number of aromatic amines is 1. The monoisotopic (exact) mass is 193 g/mol. The van der Waals surface area contributed by atoms with Crippen molar-refractivity contribution in [3.05, 3.63) is 17.7 Å². The Morgan fingerprint density at radius 1 is 1.43 bits per heavy atom. The van der Waals surface area contributed by atoms with Gasteiger partial charge in [-0.25, -0.2) is 4.98 Å². The quantitative estimate of drug-likeness (QED) is 0.772. The van der Waals surface area contributed by atoms with Crippen molar-refractivity contribution in [3.8, 4) is 0 Å². The van der Waals surface area contributed by atoms with Gasteiger partial charge in [-0.1, -0.05) is 19.3 Å². The molecule has 3 heteroatoms. The predicted octanol–water partition coefficient (Wildman–Crippen LogP) is 2.18. The molecule has 0 atom stereocenters. The Morgan fingerprint density at radius 3 is 2.93 bits per heavy atom. The van der Waals surface area contributed by atoms with Gasteiger partial charge in [-0.2, -0.15) is 0 Å². The smallest absolute Gasteiger partial charge is 0.109 e. The molecule has 1 aromatic heterocycles. The first kappa shape index (κ1) is 9.71. The molecule has 1 fully saturated rings. The van der Waals surface area contributed by atoms with Crippen LogP contribution in [-0.2, 0) is 6.54 Å². The molecule has 0 radical (unpaired) electrons. The number of nitrogens with one attached hydrogen (secondary N) is 2. The molecular formula is C11H19N3. The third-order valence-electron chi connectivity index (χ3n) is 3.01. The number of hydrogen-bond donors (Lipinski definition) is 2.